The van der Waals surface area contributed by atoms with Crippen molar-refractivity contribution in [1.82, 2.24) is 10.3 Å². The normalized spacial score (nSPS) is 10.7. The van der Waals surface area contributed by atoms with E-state index in [4.69, 9.17) is 9.47 Å². The molecule has 0 bridgehead atoms. The van der Waals surface area contributed by atoms with E-state index in [1.807, 2.05) is 42.6 Å². The second-order valence-corrected chi connectivity index (χ2v) is 6.09. The number of ether oxygens (including phenoxy) is 2. The Morgan fingerprint density at radius 1 is 1.08 bits per heavy atom. The highest BCUT2D eigenvalue weighted by Crippen LogP contribution is 2.18. The smallest absolute Gasteiger partial charge is 0.220 e. The molecule has 1 heterocycles. The molecular weight excluding hydrogens is 328 g/mol. The van der Waals surface area contributed by atoms with E-state index in [9.17, 15) is 4.79 Å². The summed E-state index contributed by atoms with van der Waals surface area (Å²) in [6, 6.07) is 15.6. The molecule has 26 heavy (non-hydrogen) atoms. The number of hydrogen-bond acceptors (Lipinski definition) is 3. The van der Waals surface area contributed by atoms with Gasteiger partial charge in [-0.05, 0) is 48.7 Å². The Hall–Kier alpha value is -2.95. The molecule has 0 aliphatic carbocycles. The Bertz CT molecular complexity index is 840. The van der Waals surface area contributed by atoms with Gasteiger partial charge in [0.05, 0.1) is 13.7 Å². The van der Waals surface area contributed by atoms with Crippen molar-refractivity contribution in [3.63, 3.8) is 0 Å². The maximum atomic E-state index is 11.9. The number of fused-ring (bicyclic) bond motifs is 1. The summed E-state index contributed by atoms with van der Waals surface area (Å²) in [4.78, 5) is 15.2. The van der Waals surface area contributed by atoms with Crippen LogP contribution in [-0.2, 0) is 11.2 Å². The first kappa shape index (κ1) is 17.9. The fourth-order valence-electron chi connectivity index (χ4n) is 2.86. The van der Waals surface area contributed by atoms with Crippen LogP contribution in [0.15, 0.2) is 54.7 Å². The average molecular weight is 352 g/mol. The molecule has 3 rings (SSSR count). The lowest BCUT2D eigenvalue weighted by atomic mass is 10.1. The van der Waals surface area contributed by atoms with Crippen molar-refractivity contribution in [1.29, 1.82) is 0 Å². The van der Waals surface area contributed by atoms with Crippen molar-refractivity contribution in [2.75, 3.05) is 20.3 Å². The molecule has 1 amide bonds. The average Bonchev–Trinajstić information content (AvgIpc) is 3.09. The molecule has 0 aliphatic heterocycles. The van der Waals surface area contributed by atoms with Gasteiger partial charge in [-0.1, -0.05) is 18.2 Å². The van der Waals surface area contributed by atoms with Crippen molar-refractivity contribution in [3.8, 4) is 11.5 Å². The summed E-state index contributed by atoms with van der Waals surface area (Å²) in [7, 11) is 1.63. The van der Waals surface area contributed by atoms with E-state index in [0.717, 1.165) is 23.4 Å². The highest BCUT2D eigenvalue weighted by Gasteiger charge is 2.05. The number of aromatic nitrogens is 1. The van der Waals surface area contributed by atoms with Crippen LogP contribution in [0.25, 0.3) is 10.9 Å². The van der Waals surface area contributed by atoms with E-state index >= 15 is 0 Å². The molecular formula is C21H24N2O3. The Kier molecular flexibility index (Phi) is 6.14. The third-order valence-corrected chi connectivity index (χ3v) is 4.27. The van der Waals surface area contributed by atoms with E-state index in [2.05, 4.69) is 22.4 Å². The Labute approximate surface area is 153 Å². The summed E-state index contributed by atoms with van der Waals surface area (Å²) in [5.41, 5.74) is 2.35. The van der Waals surface area contributed by atoms with Crippen LogP contribution in [-0.4, -0.2) is 31.2 Å². The molecule has 2 N–H and O–H groups in total. The number of rotatable bonds is 9. The van der Waals surface area contributed by atoms with E-state index in [-0.39, 0.29) is 5.91 Å². The van der Waals surface area contributed by atoms with Gasteiger partial charge in [-0.2, -0.15) is 0 Å². The van der Waals surface area contributed by atoms with Crippen molar-refractivity contribution in [3.05, 3.63) is 60.3 Å². The SMILES string of the molecule is COc1ccc(OCCCC(=O)NCCc2c[nH]c3ccccc23)cc1. The Morgan fingerprint density at radius 3 is 2.65 bits per heavy atom. The highest BCUT2D eigenvalue weighted by atomic mass is 16.5. The number of carbonyl (C=O) groups is 1. The molecule has 5 nitrogen and oxygen atoms in total. The molecule has 136 valence electrons. The summed E-state index contributed by atoms with van der Waals surface area (Å²) in [5.74, 6) is 1.64. The fraction of sp³-hybridized carbons (Fsp3) is 0.286. The molecule has 5 heteroatoms. The summed E-state index contributed by atoms with van der Waals surface area (Å²) >= 11 is 0. The van der Waals surface area contributed by atoms with Gasteiger partial charge in [0.25, 0.3) is 0 Å². The van der Waals surface area contributed by atoms with E-state index in [0.29, 0.717) is 26.0 Å². The zero-order chi connectivity index (χ0) is 18.2. The summed E-state index contributed by atoms with van der Waals surface area (Å²) in [5, 5.41) is 4.19. The molecule has 0 atom stereocenters. The molecule has 0 unspecified atom stereocenters. The monoisotopic (exact) mass is 352 g/mol. The Balaban J connectivity index is 1.33. The standard InChI is InChI=1S/C21H24N2O3/c1-25-17-8-10-18(11-9-17)26-14-4-7-21(24)22-13-12-16-15-23-20-6-3-2-5-19(16)20/h2-3,5-6,8-11,15,23H,4,7,12-14H2,1H3,(H,22,24). The van der Waals surface area contributed by atoms with Crippen molar-refractivity contribution >= 4 is 16.8 Å². The third kappa shape index (κ3) is 4.79. The summed E-state index contributed by atoms with van der Waals surface area (Å²) < 4.78 is 10.7. The molecule has 0 saturated carbocycles. The Morgan fingerprint density at radius 2 is 1.85 bits per heavy atom. The minimum absolute atomic E-state index is 0.0585. The van der Waals surface area contributed by atoms with Crippen LogP contribution in [0.1, 0.15) is 18.4 Å². The van der Waals surface area contributed by atoms with Crippen molar-refractivity contribution < 1.29 is 14.3 Å². The van der Waals surface area contributed by atoms with E-state index < -0.39 is 0 Å². The van der Waals surface area contributed by atoms with Gasteiger partial charge >= 0.3 is 0 Å². The minimum atomic E-state index is 0.0585. The maximum absolute atomic E-state index is 11.9. The van der Waals surface area contributed by atoms with Crippen LogP contribution < -0.4 is 14.8 Å². The quantitative estimate of drug-likeness (QED) is 0.577. The number of carbonyl (C=O) groups excluding carboxylic acids is 1. The molecule has 0 spiro atoms. The van der Waals surface area contributed by atoms with Gasteiger partial charge in [-0.25, -0.2) is 0 Å². The third-order valence-electron chi connectivity index (χ3n) is 4.27. The van der Waals surface area contributed by atoms with Gasteiger partial charge in [0.1, 0.15) is 11.5 Å². The number of benzene rings is 2. The molecule has 0 radical (unpaired) electrons. The van der Waals surface area contributed by atoms with Crippen molar-refractivity contribution in [2.24, 2.45) is 0 Å². The predicted molar refractivity (Wildman–Crippen MR) is 103 cm³/mol. The minimum Gasteiger partial charge on any atom is -0.497 e. The summed E-state index contributed by atoms with van der Waals surface area (Å²) in [6.07, 6.45) is 3.98. The van der Waals surface area contributed by atoms with Gasteiger partial charge in [0, 0.05) is 30.1 Å². The highest BCUT2D eigenvalue weighted by molar-refractivity contribution is 5.83. The van der Waals surface area contributed by atoms with Crippen LogP contribution in [0.4, 0.5) is 0 Å². The molecule has 0 saturated heterocycles. The number of amides is 1. The van der Waals surface area contributed by atoms with Crippen LogP contribution in [0.3, 0.4) is 0 Å². The van der Waals surface area contributed by atoms with Gasteiger partial charge in [-0.3, -0.25) is 4.79 Å². The molecule has 2 aromatic carbocycles. The molecule has 0 fully saturated rings. The topological polar surface area (TPSA) is 63.4 Å². The van der Waals surface area contributed by atoms with Gasteiger partial charge in [0.2, 0.25) is 5.91 Å². The van der Waals surface area contributed by atoms with Gasteiger partial charge < -0.3 is 19.8 Å². The van der Waals surface area contributed by atoms with Crippen molar-refractivity contribution in [2.45, 2.75) is 19.3 Å². The number of aromatic amines is 1. The molecule has 3 aromatic rings. The predicted octanol–water partition coefficient (Wildman–Crippen LogP) is 3.69. The zero-order valence-corrected chi connectivity index (χ0v) is 15.0. The molecule has 1 aromatic heterocycles. The second-order valence-electron chi connectivity index (χ2n) is 6.09. The molecule has 0 aliphatic rings. The lowest BCUT2D eigenvalue weighted by molar-refractivity contribution is -0.121. The van der Waals surface area contributed by atoms with Crippen LogP contribution >= 0.6 is 0 Å². The lowest BCUT2D eigenvalue weighted by Crippen LogP contribution is -2.25. The number of para-hydroxylation sites is 1. The number of hydrogen-bond donors (Lipinski definition) is 2. The number of H-pyrrole nitrogens is 1. The first-order valence-corrected chi connectivity index (χ1v) is 8.85. The maximum Gasteiger partial charge on any atom is 0.220 e. The van der Waals surface area contributed by atoms with Crippen LogP contribution in [0.5, 0.6) is 11.5 Å². The lowest BCUT2D eigenvalue weighted by Gasteiger charge is -2.08. The number of methoxy groups -OCH3 is 1. The van der Waals surface area contributed by atoms with Crippen LogP contribution in [0.2, 0.25) is 0 Å². The van der Waals surface area contributed by atoms with Crippen LogP contribution in [0, 0.1) is 0 Å². The number of nitrogens with one attached hydrogen (secondary N) is 2. The summed E-state index contributed by atoms with van der Waals surface area (Å²) in [6.45, 7) is 1.15. The van der Waals surface area contributed by atoms with E-state index in [1.54, 1.807) is 7.11 Å². The second kappa shape index (κ2) is 8.94. The van der Waals surface area contributed by atoms with Gasteiger partial charge in [-0.15, -0.1) is 0 Å². The van der Waals surface area contributed by atoms with E-state index in [1.165, 1.54) is 10.9 Å². The fourth-order valence-corrected chi connectivity index (χ4v) is 2.86. The first-order valence-electron chi connectivity index (χ1n) is 8.85. The van der Waals surface area contributed by atoms with Gasteiger partial charge in [0.15, 0.2) is 0 Å². The first-order chi connectivity index (χ1) is 12.8. The zero-order valence-electron chi connectivity index (χ0n) is 15.0. The largest absolute Gasteiger partial charge is 0.497 e.